The number of hydrogen-bond acceptors (Lipinski definition) is 5. The summed E-state index contributed by atoms with van der Waals surface area (Å²) in [5.74, 6) is -0.473. The number of nitrogens with one attached hydrogen (secondary N) is 1. The van der Waals surface area contributed by atoms with Crippen LogP contribution in [0.4, 0.5) is 10.5 Å². The highest BCUT2D eigenvalue weighted by Crippen LogP contribution is 2.25. The zero-order chi connectivity index (χ0) is 22.1. The third kappa shape index (κ3) is 4.31. The minimum absolute atomic E-state index is 0.0777. The highest BCUT2D eigenvalue weighted by Gasteiger charge is 2.45. The number of benzene rings is 2. The Balaban J connectivity index is 1.89. The van der Waals surface area contributed by atoms with Crippen LogP contribution in [0.2, 0.25) is 0 Å². The molecule has 8 nitrogen and oxygen atoms in total. The number of anilines is 1. The predicted molar refractivity (Wildman–Crippen MR) is 112 cm³/mol. The van der Waals surface area contributed by atoms with Gasteiger partial charge in [0.1, 0.15) is 5.54 Å². The summed E-state index contributed by atoms with van der Waals surface area (Å²) in [6.45, 7) is 4.38. The van der Waals surface area contributed by atoms with E-state index < -0.39 is 33.6 Å². The molecule has 0 aromatic heterocycles. The zero-order valence-electron chi connectivity index (χ0n) is 17.1. The fraction of sp³-hybridized carbons (Fsp3) is 0.333. The van der Waals surface area contributed by atoms with E-state index in [1.807, 2.05) is 6.92 Å². The van der Waals surface area contributed by atoms with Gasteiger partial charge in [0.2, 0.25) is 0 Å². The lowest BCUT2D eigenvalue weighted by atomic mass is 10.1. The van der Waals surface area contributed by atoms with Gasteiger partial charge < -0.3 is 10.4 Å². The molecule has 3 amide bonds. The first kappa shape index (κ1) is 21.8. The first-order valence-electron chi connectivity index (χ1n) is 9.49. The lowest BCUT2D eigenvalue weighted by Crippen LogP contribution is -2.45. The van der Waals surface area contributed by atoms with E-state index in [-0.39, 0.29) is 18.0 Å². The number of nitrogens with zero attached hydrogens (tertiary/aromatic N) is 2. The van der Waals surface area contributed by atoms with Crippen molar-refractivity contribution < 1.29 is 23.1 Å². The van der Waals surface area contributed by atoms with Crippen molar-refractivity contribution in [2.75, 3.05) is 17.4 Å². The maximum atomic E-state index is 13.3. The van der Waals surface area contributed by atoms with Crippen LogP contribution in [0.5, 0.6) is 0 Å². The van der Waals surface area contributed by atoms with Crippen molar-refractivity contribution in [3.05, 3.63) is 60.2 Å². The van der Waals surface area contributed by atoms with Gasteiger partial charge in [-0.3, -0.25) is 14.0 Å². The number of hydrogen-bond donors (Lipinski definition) is 2. The number of β-amino-alcohol motifs (C(OH)–C–C–N with tert-alkyl or cyclic N) is 1. The van der Waals surface area contributed by atoms with E-state index in [4.69, 9.17) is 0 Å². The van der Waals surface area contributed by atoms with Crippen molar-refractivity contribution in [3.8, 4) is 0 Å². The van der Waals surface area contributed by atoms with Gasteiger partial charge in [-0.25, -0.2) is 13.2 Å². The van der Waals surface area contributed by atoms with E-state index in [0.717, 1.165) is 14.8 Å². The van der Waals surface area contributed by atoms with Crippen LogP contribution in [0.3, 0.4) is 0 Å². The van der Waals surface area contributed by atoms with Gasteiger partial charge in [-0.15, -0.1) is 0 Å². The van der Waals surface area contributed by atoms with E-state index in [1.165, 1.54) is 12.1 Å². The summed E-state index contributed by atoms with van der Waals surface area (Å²) < 4.78 is 27.6. The summed E-state index contributed by atoms with van der Waals surface area (Å²) in [4.78, 5) is 25.5. The molecule has 1 atom stereocenters. The van der Waals surface area contributed by atoms with Gasteiger partial charge in [-0.2, -0.15) is 0 Å². The van der Waals surface area contributed by atoms with Crippen LogP contribution in [0.25, 0.3) is 0 Å². The summed E-state index contributed by atoms with van der Waals surface area (Å²) in [5, 5.41) is 13.2. The maximum absolute atomic E-state index is 13.3. The number of sulfonamides is 1. The highest BCUT2D eigenvalue weighted by atomic mass is 32.2. The SMILES string of the molecule is Cc1ccc(N(C[C@H](O)CN2C(=O)NC(C)(C)C2=O)S(=O)(=O)c2ccccc2)cc1. The topological polar surface area (TPSA) is 107 Å². The normalized spacial score (nSPS) is 17.0. The zero-order valence-corrected chi connectivity index (χ0v) is 17.9. The lowest BCUT2D eigenvalue weighted by molar-refractivity contribution is -0.131. The minimum Gasteiger partial charge on any atom is -0.389 e. The summed E-state index contributed by atoms with van der Waals surface area (Å²) in [6.07, 6.45) is -1.28. The fourth-order valence-electron chi connectivity index (χ4n) is 3.22. The van der Waals surface area contributed by atoms with Crippen molar-refractivity contribution >= 4 is 27.6 Å². The van der Waals surface area contributed by atoms with E-state index in [2.05, 4.69) is 5.32 Å². The fourth-order valence-corrected chi connectivity index (χ4v) is 4.74. The molecular formula is C21H25N3O5S. The molecule has 0 saturated carbocycles. The van der Waals surface area contributed by atoms with Crippen LogP contribution < -0.4 is 9.62 Å². The summed E-state index contributed by atoms with van der Waals surface area (Å²) in [6, 6.07) is 14.1. The number of urea groups is 1. The van der Waals surface area contributed by atoms with Gasteiger partial charge in [0.25, 0.3) is 15.9 Å². The molecular weight excluding hydrogens is 406 g/mol. The van der Waals surface area contributed by atoms with Crippen LogP contribution in [0.1, 0.15) is 19.4 Å². The number of aliphatic hydroxyl groups is 1. The average molecular weight is 432 g/mol. The minimum atomic E-state index is -3.98. The molecule has 1 heterocycles. The number of imide groups is 1. The Morgan fingerprint density at radius 1 is 1.07 bits per heavy atom. The first-order chi connectivity index (χ1) is 14.0. The number of carbonyl (C=O) groups is 2. The number of aryl methyl sites for hydroxylation is 1. The number of carbonyl (C=O) groups excluding carboxylic acids is 2. The van der Waals surface area contributed by atoms with Gasteiger partial charge in [-0.05, 0) is 45.0 Å². The molecule has 2 aromatic carbocycles. The van der Waals surface area contributed by atoms with Crippen LogP contribution >= 0.6 is 0 Å². The predicted octanol–water partition coefficient (Wildman–Crippen LogP) is 1.88. The Morgan fingerprint density at radius 3 is 2.20 bits per heavy atom. The molecule has 0 spiro atoms. The standard InChI is InChI=1S/C21H25N3O5S/c1-15-9-11-16(12-10-15)24(30(28,29)18-7-5-4-6-8-18)14-17(25)13-23-19(26)21(2,3)22-20(23)27/h4-12,17,25H,13-14H2,1-3H3,(H,22,27)/t17-/m1/s1. The van der Waals surface area contributed by atoms with Crippen molar-refractivity contribution in [3.63, 3.8) is 0 Å². The smallest absolute Gasteiger partial charge is 0.325 e. The quantitative estimate of drug-likeness (QED) is 0.651. The van der Waals surface area contributed by atoms with Crippen LogP contribution in [0.15, 0.2) is 59.5 Å². The molecule has 1 aliphatic rings. The largest absolute Gasteiger partial charge is 0.389 e. The molecule has 2 aromatic rings. The second kappa shape index (κ2) is 8.08. The highest BCUT2D eigenvalue weighted by molar-refractivity contribution is 7.92. The molecule has 0 bridgehead atoms. The molecule has 2 N–H and O–H groups in total. The van der Waals surface area contributed by atoms with Gasteiger partial charge in [0.15, 0.2) is 0 Å². The molecule has 9 heteroatoms. The molecule has 160 valence electrons. The van der Waals surface area contributed by atoms with Crippen LogP contribution in [0, 0.1) is 6.92 Å². The van der Waals surface area contributed by atoms with Crippen molar-refractivity contribution in [2.24, 2.45) is 0 Å². The lowest BCUT2D eigenvalue weighted by Gasteiger charge is -2.28. The molecule has 3 rings (SSSR count). The second-order valence-electron chi connectivity index (χ2n) is 7.81. The Labute approximate surface area is 176 Å². The maximum Gasteiger partial charge on any atom is 0.325 e. The van der Waals surface area contributed by atoms with Crippen molar-refractivity contribution in [1.82, 2.24) is 10.2 Å². The summed E-state index contributed by atoms with van der Waals surface area (Å²) in [5.41, 5.74) is 0.266. The Morgan fingerprint density at radius 2 is 1.67 bits per heavy atom. The Bertz CT molecular complexity index is 1040. The Hall–Kier alpha value is -2.91. The van der Waals surface area contributed by atoms with E-state index in [1.54, 1.807) is 56.3 Å². The molecule has 0 unspecified atom stereocenters. The monoisotopic (exact) mass is 431 g/mol. The summed E-state index contributed by atoms with van der Waals surface area (Å²) in [7, 11) is -3.98. The first-order valence-corrected chi connectivity index (χ1v) is 10.9. The average Bonchev–Trinajstić information content (AvgIpc) is 2.89. The van der Waals surface area contributed by atoms with E-state index in [0.29, 0.717) is 5.69 Å². The number of rotatable bonds is 7. The van der Waals surface area contributed by atoms with E-state index in [9.17, 15) is 23.1 Å². The molecule has 0 aliphatic carbocycles. The molecule has 0 radical (unpaired) electrons. The molecule has 1 saturated heterocycles. The molecule has 30 heavy (non-hydrogen) atoms. The van der Waals surface area contributed by atoms with E-state index >= 15 is 0 Å². The van der Waals surface area contributed by atoms with Crippen molar-refractivity contribution in [2.45, 2.75) is 37.3 Å². The van der Waals surface area contributed by atoms with Gasteiger partial charge >= 0.3 is 6.03 Å². The van der Waals surface area contributed by atoms with Gasteiger partial charge in [0, 0.05) is 0 Å². The Kier molecular flexibility index (Phi) is 5.87. The second-order valence-corrected chi connectivity index (χ2v) is 9.67. The van der Waals surface area contributed by atoms with Crippen molar-refractivity contribution in [1.29, 1.82) is 0 Å². The van der Waals surface area contributed by atoms with Crippen LogP contribution in [-0.4, -0.2) is 55.1 Å². The number of aliphatic hydroxyl groups excluding tert-OH is 1. The number of amides is 3. The third-order valence-electron chi connectivity index (χ3n) is 4.87. The molecule has 1 aliphatic heterocycles. The van der Waals surface area contributed by atoms with Crippen LogP contribution in [-0.2, 0) is 14.8 Å². The van der Waals surface area contributed by atoms with Gasteiger partial charge in [-0.1, -0.05) is 35.9 Å². The summed E-state index contributed by atoms with van der Waals surface area (Å²) >= 11 is 0. The third-order valence-corrected chi connectivity index (χ3v) is 6.68. The van der Waals surface area contributed by atoms with Gasteiger partial charge in [0.05, 0.1) is 29.8 Å². The molecule has 1 fully saturated rings.